The molecule has 2 aromatic rings. The fourth-order valence-electron chi connectivity index (χ4n) is 4.32. The molecule has 1 atom stereocenters. The van der Waals surface area contributed by atoms with Crippen LogP contribution in [0.3, 0.4) is 0 Å². The number of carbonyl (C=O) groups is 2. The van der Waals surface area contributed by atoms with Gasteiger partial charge >= 0.3 is 0 Å². The van der Waals surface area contributed by atoms with Gasteiger partial charge in [-0.05, 0) is 42.5 Å². The van der Waals surface area contributed by atoms with E-state index >= 15 is 0 Å². The number of piperazine rings is 1. The van der Waals surface area contributed by atoms with E-state index in [2.05, 4.69) is 31.5 Å². The van der Waals surface area contributed by atoms with Gasteiger partial charge in [0.15, 0.2) is 0 Å². The maximum atomic E-state index is 12.5. The van der Waals surface area contributed by atoms with Crippen LogP contribution >= 0.6 is 11.3 Å². The van der Waals surface area contributed by atoms with Gasteiger partial charge in [0, 0.05) is 75.8 Å². The second-order valence-electron chi connectivity index (χ2n) is 8.38. The van der Waals surface area contributed by atoms with Crippen molar-refractivity contribution < 1.29 is 9.59 Å². The first kappa shape index (κ1) is 21.8. The SMILES string of the molecule is CC(CN1CCN(c2ccccn2)CC1)NC(=O)CCC(=O)N1CCc2sccc2C1. The molecule has 0 radical (unpaired) electrons. The van der Waals surface area contributed by atoms with Crippen LogP contribution in [-0.2, 0) is 22.6 Å². The van der Waals surface area contributed by atoms with Gasteiger partial charge in [0.1, 0.15) is 5.82 Å². The van der Waals surface area contributed by atoms with Crippen LogP contribution in [0.25, 0.3) is 0 Å². The number of thiophene rings is 1. The lowest BCUT2D eigenvalue weighted by atomic mass is 10.1. The zero-order chi connectivity index (χ0) is 21.6. The van der Waals surface area contributed by atoms with Crippen molar-refractivity contribution >= 4 is 29.0 Å². The third-order valence-electron chi connectivity index (χ3n) is 6.01. The van der Waals surface area contributed by atoms with Crippen LogP contribution in [0.2, 0.25) is 0 Å². The number of hydrogen-bond donors (Lipinski definition) is 1. The predicted octanol–water partition coefficient (Wildman–Crippen LogP) is 2.13. The van der Waals surface area contributed by atoms with Gasteiger partial charge in [-0.15, -0.1) is 11.3 Å². The minimum atomic E-state index is -0.0406. The Balaban J connectivity index is 1.14. The largest absolute Gasteiger partial charge is 0.354 e. The van der Waals surface area contributed by atoms with Gasteiger partial charge in [0.2, 0.25) is 11.8 Å². The number of rotatable bonds is 7. The molecular weight excluding hydrogens is 410 g/mol. The maximum absolute atomic E-state index is 12.5. The Morgan fingerprint density at radius 3 is 2.74 bits per heavy atom. The number of anilines is 1. The van der Waals surface area contributed by atoms with Crippen molar-refractivity contribution in [3.05, 3.63) is 46.3 Å². The van der Waals surface area contributed by atoms with E-state index in [1.807, 2.05) is 36.2 Å². The molecule has 2 aromatic heterocycles. The summed E-state index contributed by atoms with van der Waals surface area (Å²) in [5.74, 6) is 1.06. The number of nitrogens with one attached hydrogen (secondary N) is 1. The highest BCUT2D eigenvalue weighted by Gasteiger charge is 2.23. The number of amides is 2. The monoisotopic (exact) mass is 441 g/mol. The molecule has 2 amide bonds. The highest BCUT2D eigenvalue weighted by Crippen LogP contribution is 2.24. The van der Waals surface area contributed by atoms with Crippen molar-refractivity contribution in [1.82, 2.24) is 20.1 Å². The molecule has 0 saturated carbocycles. The lowest BCUT2D eigenvalue weighted by Gasteiger charge is -2.36. The van der Waals surface area contributed by atoms with Crippen molar-refractivity contribution in [2.75, 3.05) is 44.2 Å². The third kappa shape index (κ3) is 5.83. The fourth-order valence-corrected chi connectivity index (χ4v) is 5.21. The Morgan fingerprint density at radius 1 is 1.13 bits per heavy atom. The van der Waals surface area contributed by atoms with Gasteiger partial charge in [0.25, 0.3) is 0 Å². The van der Waals surface area contributed by atoms with Gasteiger partial charge in [-0.25, -0.2) is 4.98 Å². The summed E-state index contributed by atoms with van der Waals surface area (Å²) in [6.07, 6.45) is 3.29. The van der Waals surface area contributed by atoms with E-state index in [1.54, 1.807) is 11.3 Å². The van der Waals surface area contributed by atoms with Crippen LogP contribution < -0.4 is 10.2 Å². The average molecular weight is 442 g/mol. The van der Waals surface area contributed by atoms with Gasteiger partial charge in [-0.2, -0.15) is 0 Å². The first-order valence-electron chi connectivity index (χ1n) is 11.1. The quantitative estimate of drug-likeness (QED) is 0.713. The molecule has 0 spiro atoms. The Hall–Kier alpha value is -2.45. The van der Waals surface area contributed by atoms with Gasteiger partial charge in [0.05, 0.1) is 0 Å². The minimum absolute atomic E-state index is 0.0406. The molecule has 4 heterocycles. The molecule has 0 aliphatic carbocycles. The molecule has 1 saturated heterocycles. The molecular formula is C23H31N5O2S. The van der Waals surface area contributed by atoms with Crippen LogP contribution in [0.5, 0.6) is 0 Å². The highest BCUT2D eigenvalue weighted by atomic mass is 32.1. The van der Waals surface area contributed by atoms with Crippen molar-refractivity contribution in [3.8, 4) is 0 Å². The zero-order valence-electron chi connectivity index (χ0n) is 18.1. The van der Waals surface area contributed by atoms with Crippen LogP contribution in [0.1, 0.15) is 30.2 Å². The smallest absolute Gasteiger partial charge is 0.223 e. The first-order valence-corrected chi connectivity index (χ1v) is 12.0. The fraction of sp³-hybridized carbons (Fsp3) is 0.522. The topological polar surface area (TPSA) is 68.8 Å². The number of fused-ring (bicyclic) bond motifs is 1. The van der Waals surface area contributed by atoms with Crippen LogP contribution in [0, 0.1) is 0 Å². The summed E-state index contributed by atoms with van der Waals surface area (Å²) in [6, 6.07) is 8.16. The van der Waals surface area contributed by atoms with Gasteiger partial charge < -0.3 is 15.1 Å². The van der Waals surface area contributed by atoms with Crippen LogP contribution in [0.15, 0.2) is 35.8 Å². The zero-order valence-corrected chi connectivity index (χ0v) is 18.9. The molecule has 166 valence electrons. The first-order chi connectivity index (χ1) is 15.1. The van der Waals surface area contributed by atoms with Crippen LogP contribution in [-0.4, -0.2) is 71.9 Å². The van der Waals surface area contributed by atoms with E-state index in [1.165, 1.54) is 10.4 Å². The van der Waals surface area contributed by atoms with Gasteiger partial charge in [-0.3, -0.25) is 14.5 Å². The Bertz CT molecular complexity index is 879. The second-order valence-corrected chi connectivity index (χ2v) is 9.38. The second kappa shape index (κ2) is 10.2. The van der Waals surface area contributed by atoms with E-state index in [0.29, 0.717) is 6.54 Å². The van der Waals surface area contributed by atoms with E-state index in [0.717, 1.165) is 51.5 Å². The molecule has 0 aromatic carbocycles. The summed E-state index contributed by atoms with van der Waals surface area (Å²) in [4.78, 5) is 37.2. The van der Waals surface area contributed by atoms with Crippen molar-refractivity contribution in [2.24, 2.45) is 0 Å². The van der Waals surface area contributed by atoms with E-state index in [4.69, 9.17) is 0 Å². The molecule has 2 aliphatic heterocycles. The molecule has 1 N–H and O–H groups in total. The molecule has 0 bridgehead atoms. The Kier molecular flexibility index (Phi) is 7.19. The summed E-state index contributed by atoms with van der Waals surface area (Å²) in [6.45, 7) is 8.08. The summed E-state index contributed by atoms with van der Waals surface area (Å²) < 4.78 is 0. The van der Waals surface area contributed by atoms with Crippen molar-refractivity contribution in [3.63, 3.8) is 0 Å². The van der Waals surface area contributed by atoms with E-state index in [-0.39, 0.29) is 30.7 Å². The average Bonchev–Trinajstić information content (AvgIpc) is 3.26. The molecule has 1 fully saturated rings. The van der Waals surface area contributed by atoms with Crippen molar-refractivity contribution in [1.29, 1.82) is 0 Å². The molecule has 31 heavy (non-hydrogen) atoms. The molecule has 4 rings (SSSR count). The third-order valence-corrected chi connectivity index (χ3v) is 7.03. The standard InChI is InChI=1S/C23H31N5O2S/c1-18(16-26-11-13-27(14-12-26)21-4-2-3-9-24-21)25-22(29)5-6-23(30)28-10-7-20-19(17-28)8-15-31-20/h2-4,8-9,15,18H,5-7,10-14,16-17H2,1H3,(H,25,29). The molecule has 2 aliphatic rings. The lowest BCUT2D eigenvalue weighted by Crippen LogP contribution is -2.51. The normalized spacial score (nSPS) is 17.8. The summed E-state index contributed by atoms with van der Waals surface area (Å²) in [5.41, 5.74) is 1.26. The summed E-state index contributed by atoms with van der Waals surface area (Å²) in [7, 11) is 0. The summed E-state index contributed by atoms with van der Waals surface area (Å²) in [5, 5.41) is 5.15. The number of aromatic nitrogens is 1. The maximum Gasteiger partial charge on any atom is 0.223 e. The van der Waals surface area contributed by atoms with Gasteiger partial charge in [-0.1, -0.05) is 6.07 Å². The number of hydrogen-bond acceptors (Lipinski definition) is 6. The number of carbonyl (C=O) groups excluding carboxylic acids is 2. The lowest BCUT2D eigenvalue weighted by molar-refractivity contribution is -0.134. The molecule has 1 unspecified atom stereocenters. The summed E-state index contributed by atoms with van der Waals surface area (Å²) >= 11 is 1.77. The highest BCUT2D eigenvalue weighted by molar-refractivity contribution is 7.10. The Morgan fingerprint density at radius 2 is 1.97 bits per heavy atom. The number of nitrogens with zero attached hydrogens (tertiary/aromatic N) is 4. The molecule has 7 nitrogen and oxygen atoms in total. The molecule has 8 heteroatoms. The van der Waals surface area contributed by atoms with Crippen LogP contribution in [0.4, 0.5) is 5.82 Å². The minimum Gasteiger partial charge on any atom is -0.354 e. The predicted molar refractivity (Wildman–Crippen MR) is 123 cm³/mol. The van der Waals surface area contributed by atoms with E-state index < -0.39 is 0 Å². The van der Waals surface area contributed by atoms with E-state index in [9.17, 15) is 9.59 Å². The van der Waals surface area contributed by atoms with Crippen molar-refractivity contribution in [2.45, 2.75) is 38.8 Å². The number of pyridine rings is 1. The Labute approximate surface area is 188 Å².